The zero-order chi connectivity index (χ0) is 23.1. The van der Waals surface area contributed by atoms with Crippen molar-refractivity contribution < 1.29 is 18.7 Å². The van der Waals surface area contributed by atoms with Crippen molar-refractivity contribution in [3.8, 4) is 0 Å². The van der Waals surface area contributed by atoms with Gasteiger partial charge < -0.3 is 15.0 Å². The van der Waals surface area contributed by atoms with Gasteiger partial charge in [0, 0.05) is 37.3 Å². The van der Waals surface area contributed by atoms with Crippen molar-refractivity contribution in [3.05, 3.63) is 59.5 Å². The van der Waals surface area contributed by atoms with E-state index in [9.17, 15) is 14.0 Å². The molecule has 0 saturated carbocycles. The quantitative estimate of drug-likeness (QED) is 0.495. The van der Waals surface area contributed by atoms with Gasteiger partial charge in [-0.15, -0.1) is 0 Å². The Morgan fingerprint density at radius 3 is 2.50 bits per heavy atom. The number of hydrogen-bond donors (Lipinski definition) is 1. The van der Waals surface area contributed by atoms with Crippen LogP contribution >= 0.6 is 0 Å². The predicted octanol–water partition coefficient (Wildman–Crippen LogP) is 4.78. The third kappa shape index (κ3) is 6.77. The van der Waals surface area contributed by atoms with E-state index >= 15 is 0 Å². The fourth-order valence-corrected chi connectivity index (χ4v) is 3.90. The van der Waals surface area contributed by atoms with Gasteiger partial charge in [0.1, 0.15) is 17.2 Å². The van der Waals surface area contributed by atoms with Crippen LogP contribution in [0.5, 0.6) is 0 Å². The van der Waals surface area contributed by atoms with Crippen molar-refractivity contribution in [2.75, 3.05) is 24.5 Å². The van der Waals surface area contributed by atoms with E-state index in [0.717, 1.165) is 50.2 Å². The number of amides is 1. The number of hydrogen-bond acceptors (Lipinski definition) is 5. The summed E-state index contributed by atoms with van der Waals surface area (Å²) < 4.78 is 18.4. The maximum Gasteiger partial charge on any atom is 0.407 e. The first-order chi connectivity index (χ1) is 15.2. The highest BCUT2D eigenvalue weighted by Crippen LogP contribution is 2.27. The molecule has 1 aromatic heterocycles. The molecule has 2 heterocycles. The second kappa shape index (κ2) is 10.6. The van der Waals surface area contributed by atoms with Crippen LogP contribution in [-0.2, 0) is 11.2 Å². The number of carbonyl (C=O) groups excluding carboxylic acids is 2. The van der Waals surface area contributed by atoms with E-state index in [0.29, 0.717) is 12.1 Å². The first kappa shape index (κ1) is 23.7. The third-order valence-corrected chi connectivity index (χ3v) is 5.45. The molecule has 3 rings (SSSR count). The molecule has 0 aliphatic carbocycles. The van der Waals surface area contributed by atoms with Gasteiger partial charge in [0.15, 0.2) is 5.78 Å². The SMILES string of the molecule is CC(C)(C)OC(=O)NCCCc1cccnc1N1CCC(C(=O)c2ccc(F)cc2)CC1. The lowest BCUT2D eigenvalue weighted by Gasteiger charge is -2.33. The van der Waals surface area contributed by atoms with Gasteiger partial charge in [-0.1, -0.05) is 6.07 Å². The fourth-order valence-electron chi connectivity index (χ4n) is 3.90. The lowest BCUT2D eigenvalue weighted by molar-refractivity contribution is 0.0527. The largest absolute Gasteiger partial charge is 0.444 e. The number of aromatic nitrogens is 1. The summed E-state index contributed by atoms with van der Waals surface area (Å²) in [6, 6.07) is 9.77. The van der Waals surface area contributed by atoms with Crippen molar-refractivity contribution in [1.29, 1.82) is 0 Å². The van der Waals surface area contributed by atoms with Crippen molar-refractivity contribution in [1.82, 2.24) is 10.3 Å². The minimum Gasteiger partial charge on any atom is -0.444 e. The lowest BCUT2D eigenvalue weighted by Crippen LogP contribution is -2.37. The van der Waals surface area contributed by atoms with Gasteiger partial charge in [-0.2, -0.15) is 0 Å². The average Bonchev–Trinajstić information content (AvgIpc) is 2.76. The Morgan fingerprint density at radius 2 is 1.84 bits per heavy atom. The minimum atomic E-state index is -0.509. The standard InChI is InChI=1S/C25H32FN3O3/c1-25(2,3)32-24(31)28-15-5-7-20-6-4-14-27-23(20)29-16-12-19(13-17-29)22(30)18-8-10-21(26)11-9-18/h4,6,8-11,14,19H,5,7,12-13,15-17H2,1-3H3,(H,28,31). The molecule has 172 valence electrons. The van der Waals surface area contributed by atoms with Gasteiger partial charge in [0.25, 0.3) is 0 Å². The summed E-state index contributed by atoms with van der Waals surface area (Å²) in [7, 11) is 0. The first-order valence-electron chi connectivity index (χ1n) is 11.2. The topological polar surface area (TPSA) is 71.5 Å². The molecule has 2 aromatic rings. The fraction of sp³-hybridized carbons (Fsp3) is 0.480. The molecule has 0 atom stereocenters. The number of anilines is 1. The summed E-state index contributed by atoms with van der Waals surface area (Å²) in [5.74, 6) is 0.638. The van der Waals surface area contributed by atoms with Crippen LogP contribution in [0.4, 0.5) is 15.0 Å². The van der Waals surface area contributed by atoms with E-state index < -0.39 is 11.7 Å². The molecule has 6 nitrogen and oxygen atoms in total. The van der Waals surface area contributed by atoms with Crippen molar-refractivity contribution in [3.63, 3.8) is 0 Å². The zero-order valence-electron chi connectivity index (χ0n) is 19.1. The van der Waals surface area contributed by atoms with Crippen LogP contribution in [0.3, 0.4) is 0 Å². The number of piperidine rings is 1. The normalized spacial score (nSPS) is 14.8. The molecular weight excluding hydrogens is 409 g/mol. The molecule has 1 fully saturated rings. The molecule has 0 spiro atoms. The number of nitrogens with zero attached hydrogens (tertiary/aromatic N) is 2. The molecule has 1 saturated heterocycles. The van der Waals surface area contributed by atoms with Crippen LogP contribution in [0.2, 0.25) is 0 Å². The Bertz CT molecular complexity index is 917. The maximum absolute atomic E-state index is 13.1. The number of alkyl carbamates (subject to hydrolysis) is 1. The van der Waals surface area contributed by atoms with Crippen LogP contribution in [-0.4, -0.2) is 42.1 Å². The maximum atomic E-state index is 13.1. The third-order valence-electron chi connectivity index (χ3n) is 5.45. The van der Waals surface area contributed by atoms with Crippen molar-refractivity contribution >= 4 is 17.7 Å². The molecule has 1 aromatic carbocycles. The van der Waals surface area contributed by atoms with Gasteiger partial charge in [-0.25, -0.2) is 14.2 Å². The van der Waals surface area contributed by atoms with Gasteiger partial charge in [-0.3, -0.25) is 4.79 Å². The summed E-state index contributed by atoms with van der Waals surface area (Å²) >= 11 is 0. The number of rotatable bonds is 7. The second-order valence-electron chi connectivity index (χ2n) is 9.15. The van der Waals surface area contributed by atoms with Gasteiger partial charge in [0.05, 0.1) is 0 Å². The number of pyridine rings is 1. The second-order valence-corrected chi connectivity index (χ2v) is 9.15. The van der Waals surface area contributed by atoms with Crippen LogP contribution < -0.4 is 10.2 Å². The number of benzene rings is 1. The number of aryl methyl sites for hydroxylation is 1. The van der Waals surface area contributed by atoms with Crippen molar-refractivity contribution in [2.24, 2.45) is 5.92 Å². The highest BCUT2D eigenvalue weighted by atomic mass is 19.1. The summed E-state index contributed by atoms with van der Waals surface area (Å²) in [6.07, 6.45) is 4.42. The summed E-state index contributed by atoms with van der Waals surface area (Å²) in [4.78, 5) is 31.3. The highest BCUT2D eigenvalue weighted by molar-refractivity contribution is 5.98. The van der Waals surface area contributed by atoms with Crippen LogP contribution in [0.25, 0.3) is 0 Å². The number of ketones is 1. The molecule has 1 amide bonds. The van der Waals surface area contributed by atoms with E-state index in [1.807, 2.05) is 26.8 Å². The Labute approximate surface area is 189 Å². The number of nitrogens with one attached hydrogen (secondary N) is 1. The minimum absolute atomic E-state index is 0.0538. The molecule has 0 bridgehead atoms. The molecule has 0 unspecified atom stereocenters. The Kier molecular flexibility index (Phi) is 7.83. The number of halogens is 1. The molecule has 32 heavy (non-hydrogen) atoms. The number of Topliss-reactive ketones (excluding diaryl/α,β-unsaturated/α-hetero) is 1. The van der Waals surface area contributed by atoms with Gasteiger partial charge in [-0.05, 0) is 82.3 Å². The summed E-state index contributed by atoms with van der Waals surface area (Å²) in [6.45, 7) is 7.54. The monoisotopic (exact) mass is 441 g/mol. The Balaban J connectivity index is 1.51. The lowest BCUT2D eigenvalue weighted by atomic mass is 9.88. The molecule has 1 N–H and O–H groups in total. The van der Waals surface area contributed by atoms with E-state index in [-0.39, 0.29) is 17.5 Å². The summed E-state index contributed by atoms with van der Waals surface area (Å²) in [5.41, 5.74) is 1.19. The predicted molar refractivity (Wildman–Crippen MR) is 122 cm³/mol. The van der Waals surface area contributed by atoms with Crippen LogP contribution in [0.15, 0.2) is 42.6 Å². The molecule has 1 aliphatic heterocycles. The first-order valence-corrected chi connectivity index (χ1v) is 11.2. The number of ether oxygens (including phenoxy) is 1. The average molecular weight is 442 g/mol. The summed E-state index contributed by atoms with van der Waals surface area (Å²) in [5, 5.41) is 2.79. The van der Waals surface area contributed by atoms with E-state index in [1.165, 1.54) is 12.1 Å². The molecule has 0 radical (unpaired) electrons. The van der Waals surface area contributed by atoms with E-state index in [4.69, 9.17) is 4.74 Å². The Hall–Kier alpha value is -2.96. The molecular formula is C25H32FN3O3. The van der Waals surface area contributed by atoms with Crippen LogP contribution in [0, 0.1) is 11.7 Å². The van der Waals surface area contributed by atoms with Crippen molar-refractivity contribution in [2.45, 2.75) is 52.1 Å². The van der Waals surface area contributed by atoms with Gasteiger partial charge >= 0.3 is 6.09 Å². The number of carbonyl (C=O) groups is 2. The van der Waals surface area contributed by atoms with Gasteiger partial charge in [0.2, 0.25) is 0 Å². The Morgan fingerprint density at radius 1 is 1.16 bits per heavy atom. The highest BCUT2D eigenvalue weighted by Gasteiger charge is 2.27. The van der Waals surface area contributed by atoms with E-state index in [1.54, 1.807) is 18.3 Å². The smallest absolute Gasteiger partial charge is 0.407 e. The van der Waals surface area contributed by atoms with E-state index in [2.05, 4.69) is 21.3 Å². The molecule has 7 heteroatoms. The van der Waals surface area contributed by atoms with Crippen LogP contribution in [0.1, 0.15) is 56.0 Å². The molecule has 1 aliphatic rings. The zero-order valence-corrected chi connectivity index (χ0v) is 19.1.